The first-order valence-electron chi connectivity index (χ1n) is 8.91. The molecule has 3 saturated carbocycles. The summed E-state index contributed by atoms with van der Waals surface area (Å²) >= 11 is 0. The van der Waals surface area contributed by atoms with Gasteiger partial charge in [-0.1, -0.05) is 18.9 Å². The molecule has 5 aliphatic rings. The Hall–Kier alpha value is -1.26. The summed E-state index contributed by atoms with van der Waals surface area (Å²) in [5, 5.41) is 0. The maximum atomic E-state index is 13.0. The van der Waals surface area contributed by atoms with E-state index >= 15 is 0 Å². The molecule has 2 N–H and O–H groups in total. The number of fused-ring (bicyclic) bond motifs is 1. The van der Waals surface area contributed by atoms with Gasteiger partial charge >= 0.3 is 0 Å². The summed E-state index contributed by atoms with van der Waals surface area (Å²) < 4.78 is 6.83. The summed E-state index contributed by atoms with van der Waals surface area (Å²) in [6.07, 6.45) is 9.60. The Morgan fingerprint density at radius 1 is 1.39 bits per heavy atom. The third kappa shape index (κ3) is 1.54. The van der Waals surface area contributed by atoms with Crippen LogP contribution in [0.5, 0.6) is 0 Å². The lowest BCUT2D eigenvalue weighted by Gasteiger charge is -2.64. The predicted octanol–water partition coefficient (Wildman–Crippen LogP) is 2.57. The van der Waals surface area contributed by atoms with E-state index in [0.717, 1.165) is 31.2 Å². The van der Waals surface area contributed by atoms with Crippen LogP contribution in [0.4, 0.5) is 0 Å². The van der Waals surface area contributed by atoms with Gasteiger partial charge in [-0.3, -0.25) is 9.78 Å². The molecule has 2 aliphatic heterocycles. The number of ketones is 1. The summed E-state index contributed by atoms with van der Waals surface area (Å²) in [4.78, 5) is 17.3. The Kier molecular flexibility index (Phi) is 2.59. The van der Waals surface area contributed by atoms with Crippen LogP contribution in [0.3, 0.4) is 0 Å². The number of ether oxygens (including phenoxy) is 1. The summed E-state index contributed by atoms with van der Waals surface area (Å²) in [6.45, 7) is 2.13. The van der Waals surface area contributed by atoms with Crippen LogP contribution < -0.4 is 5.73 Å². The van der Waals surface area contributed by atoms with E-state index in [4.69, 9.17) is 10.5 Å². The molecule has 4 bridgehead atoms. The molecule has 0 radical (unpaired) electrons. The molecule has 23 heavy (non-hydrogen) atoms. The summed E-state index contributed by atoms with van der Waals surface area (Å²) in [7, 11) is 0. The number of pyridine rings is 1. The average Bonchev–Trinajstić information content (AvgIpc) is 2.72. The van der Waals surface area contributed by atoms with E-state index in [1.807, 2.05) is 12.3 Å². The van der Waals surface area contributed by atoms with E-state index in [9.17, 15) is 4.79 Å². The van der Waals surface area contributed by atoms with Crippen molar-refractivity contribution in [3.8, 4) is 0 Å². The Labute approximate surface area is 136 Å². The lowest BCUT2D eigenvalue weighted by atomic mass is 9.52. The molecule has 6 unspecified atom stereocenters. The van der Waals surface area contributed by atoms with E-state index in [2.05, 4.69) is 18.0 Å². The van der Waals surface area contributed by atoms with Gasteiger partial charge in [-0.15, -0.1) is 0 Å². The molecule has 1 aromatic rings. The minimum atomic E-state index is -0.471. The molecule has 3 heterocycles. The first kappa shape index (κ1) is 14.1. The Morgan fingerprint density at radius 2 is 2.26 bits per heavy atom. The fraction of sp³-hybridized carbons (Fsp3) is 0.684. The van der Waals surface area contributed by atoms with Gasteiger partial charge in [0.15, 0.2) is 0 Å². The number of nitrogens with two attached hydrogens (primary N) is 1. The Balaban J connectivity index is 1.69. The van der Waals surface area contributed by atoms with E-state index in [1.54, 1.807) is 6.20 Å². The van der Waals surface area contributed by atoms with Crippen LogP contribution in [0.15, 0.2) is 24.5 Å². The molecule has 4 heteroatoms. The van der Waals surface area contributed by atoms with Crippen molar-refractivity contribution < 1.29 is 9.53 Å². The zero-order chi connectivity index (χ0) is 15.9. The second-order valence-corrected chi connectivity index (χ2v) is 8.38. The Morgan fingerprint density at radius 3 is 3.04 bits per heavy atom. The molecular formula is C19H24N2O2. The number of Topliss-reactive ketones (excluding diaryl/α,β-unsaturated/α-hetero) is 1. The van der Waals surface area contributed by atoms with E-state index in [-0.39, 0.29) is 17.4 Å². The lowest BCUT2D eigenvalue weighted by molar-refractivity contribution is -0.272. The number of carbonyl (C=O) groups is 1. The van der Waals surface area contributed by atoms with Gasteiger partial charge in [0.2, 0.25) is 0 Å². The highest BCUT2D eigenvalue weighted by Crippen LogP contribution is 2.69. The van der Waals surface area contributed by atoms with Crippen LogP contribution in [0.25, 0.3) is 0 Å². The van der Waals surface area contributed by atoms with E-state index in [0.29, 0.717) is 18.1 Å². The zero-order valence-corrected chi connectivity index (χ0v) is 13.6. The fourth-order valence-corrected chi connectivity index (χ4v) is 6.71. The maximum absolute atomic E-state index is 13.0. The molecule has 0 aromatic carbocycles. The number of nitrogens with zero attached hydrogens (tertiary/aromatic N) is 1. The lowest BCUT2D eigenvalue weighted by Crippen LogP contribution is -2.75. The van der Waals surface area contributed by atoms with Crippen LogP contribution in [-0.4, -0.2) is 27.5 Å². The van der Waals surface area contributed by atoms with Gasteiger partial charge in [0.05, 0.1) is 17.1 Å². The van der Waals surface area contributed by atoms with Crippen molar-refractivity contribution in [3.05, 3.63) is 30.1 Å². The molecule has 4 nitrogen and oxygen atoms in total. The number of carbonyl (C=O) groups excluding carboxylic acids is 1. The van der Waals surface area contributed by atoms with Crippen molar-refractivity contribution in [1.29, 1.82) is 0 Å². The van der Waals surface area contributed by atoms with Crippen molar-refractivity contribution in [2.75, 3.05) is 0 Å². The standard InChI is InChI=1S/C19H24N2O2/c1-17-13(12-5-4-8-21-11-12)9-19(20)15-6-2-3-7-18(15,23-17)10-14(22)16(17)19/h4-5,8,11,13,15-16H,2-3,6-7,9-10,20H2,1H3. The predicted molar refractivity (Wildman–Crippen MR) is 85.8 cm³/mol. The largest absolute Gasteiger partial charge is 0.367 e. The van der Waals surface area contributed by atoms with Gasteiger partial charge in [-0.2, -0.15) is 0 Å². The fourth-order valence-electron chi connectivity index (χ4n) is 6.71. The highest BCUT2D eigenvalue weighted by molar-refractivity contribution is 5.88. The minimum absolute atomic E-state index is 0.162. The highest BCUT2D eigenvalue weighted by Gasteiger charge is 2.77. The maximum Gasteiger partial charge on any atom is 0.143 e. The number of hydrogen-bond donors (Lipinski definition) is 1. The van der Waals surface area contributed by atoms with Crippen molar-refractivity contribution in [3.63, 3.8) is 0 Å². The topological polar surface area (TPSA) is 65.2 Å². The summed E-state index contributed by atoms with van der Waals surface area (Å²) in [5.41, 5.74) is 7.01. The van der Waals surface area contributed by atoms with Gasteiger partial charge in [0.25, 0.3) is 0 Å². The molecule has 3 aliphatic carbocycles. The van der Waals surface area contributed by atoms with Crippen LogP contribution in [0, 0.1) is 11.8 Å². The van der Waals surface area contributed by atoms with Gasteiger partial charge < -0.3 is 10.5 Å². The van der Waals surface area contributed by atoms with Crippen LogP contribution in [0.2, 0.25) is 0 Å². The first-order valence-corrected chi connectivity index (χ1v) is 8.91. The molecule has 6 atom stereocenters. The molecule has 1 aromatic heterocycles. The highest BCUT2D eigenvalue weighted by atomic mass is 16.5. The number of rotatable bonds is 1. The number of aromatic nitrogens is 1. The molecule has 122 valence electrons. The van der Waals surface area contributed by atoms with Gasteiger partial charge in [-0.05, 0) is 37.8 Å². The molecule has 1 spiro atoms. The normalized spacial score (nSPS) is 50.9. The van der Waals surface area contributed by atoms with Crippen LogP contribution >= 0.6 is 0 Å². The summed E-state index contributed by atoms with van der Waals surface area (Å²) in [5.74, 6) is 0.676. The quantitative estimate of drug-likeness (QED) is 0.865. The van der Waals surface area contributed by atoms with Crippen LogP contribution in [0.1, 0.15) is 56.9 Å². The molecular weight excluding hydrogens is 288 g/mol. The van der Waals surface area contributed by atoms with E-state index < -0.39 is 11.1 Å². The monoisotopic (exact) mass is 312 g/mol. The third-order valence-corrected chi connectivity index (χ3v) is 7.29. The van der Waals surface area contributed by atoms with E-state index in [1.165, 1.54) is 6.42 Å². The van der Waals surface area contributed by atoms with Crippen molar-refractivity contribution in [2.24, 2.45) is 17.6 Å². The van der Waals surface area contributed by atoms with Crippen molar-refractivity contribution in [2.45, 2.75) is 68.1 Å². The van der Waals surface area contributed by atoms with Crippen molar-refractivity contribution >= 4 is 5.78 Å². The third-order valence-electron chi connectivity index (χ3n) is 7.29. The molecule has 6 rings (SSSR count). The zero-order valence-electron chi connectivity index (χ0n) is 13.6. The molecule has 0 amide bonds. The summed E-state index contributed by atoms with van der Waals surface area (Å²) in [6, 6.07) is 4.07. The molecule has 5 fully saturated rings. The van der Waals surface area contributed by atoms with Gasteiger partial charge in [0, 0.05) is 36.2 Å². The average molecular weight is 312 g/mol. The van der Waals surface area contributed by atoms with Crippen LogP contribution in [-0.2, 0) is 9.53 Å². The second-order valence-electron chi connectivity index (χ2n) is 8.38. The SMILES string of the molecule is CC12OC34CCCCC3C(N)(CC1c1cccnc1)C2C(=O)C4. The van der Waals surface area contributed by atoms with Gasteiger partial charge in [-0.25, -0.2) is 0 Å². The Bertz CT molecular complexity index is 677. The first-order chi connectivity index (χ1) is 11.0. The van der Waals surface area contributed by atoms with Crippen molar-refractivity contribution in [1.82, 2.24) is 4.98 Å². The smallest absolute Gasteiger partial charge is 0.143 e. The number of hydrogen-bond acceptors (Lipinski definition) is 4. The second kappa shape index (κ2) is 4.22. The minimum Gasteiger partial charge on any atom is -0.367 e. The molecule has 2 saturated heterocycles. The van der Waals surface area contributed by atoms with Gasteiger partial charge in [0.1, 0.15) is 5.78 Å².